The number of aliphatic hydroxyl groups excluding tert-OH is 1. The number of amides is 2. The van der Waals surface area contributed by atoms with Gasteiger partial charge < -0.3 is 15.3 Å². The Kier molecular flexibility index (Phi) is 3.33. The number of carbonyl (C=O) groups is 1. The van der Waals surface area contributed by atoms with Crippen LogP contribution < -0.4 is 5.32 Å². The van der Waals surface area contributed by atoms with Crippen molar-refractivity contribution in [1.82, 2.24) is 4.90 Å². The van der Waals surface area contributed by atoms with E-state index in [2.05, 4.69) is 5.32 Å². The summed E-state index contributed by atoms with van der Waals surface area (Å²) in [5, 5.41) is 12.3. The SMILES string of the molecule is Cc1cccc(NC(=O)N2CC[C@@H](O)C2)c1C. The van der Waals surface area contributed by atoms with E-state index < -0.39 is 0 Å². The molecule has 0 aromatic heterocycles. The highest BCUT2D eigenvalue weighted by Gasteiger charge is 2.24. The van der Waals surface area contributed by atoms with Crippen LogP contribution in [0.15, 0.2) is 18.2 Å². The number of nitrogens with one attached hydrogen (secondary N) is 1. The lowest BCUT2D eigenvalue weighted by Gasteiger charge is -2.18. The van der Waals surface area contributed by atoms with Gasteiger partial charge in [0.05, 0.1) is 6.10 Å². The van der Waals surface area contributed by atoms with Crippen LogP contribution in [0, 0.1) is 13.8 Å². The van der Waals surface area contributed by atoms with Gasteiger partial charge in [0.2, 0.25) is 0 Å². The number of hydrogen-bond donors (Lipinski definition) is 2. The molecule has 0 bridgehead atoms. The quantitative estimate of drug-likeness (QED) is 0.779. The Bertz CT molecular complexity index is 431. The van der Waals surface area contributed by atoms with Crippen LogP contribution in [0.4, 0.5) is 10.5 Å². The second-order valence-electron chi connectivity index (χ2n) is 4.57. The molecule has 1 atom stereocenters. The number of aryl methyl sites for hydroxylation is 1. The highest BCUT2D eigenvalue weighted by atomic mass is 16.3. The number of benzene rings is 1. The Morgan fingerprint density at radius 2 is 2.24 bits per heavy atom. The van der Waals surface area contributed by atoms with Gasteiger partial charge in [0.1, 0.15) is 0 Å². The predicted octanol–water partition coefficient (Wildman–Crippen LogP) is 1.90. The normalized spacial score (nSPS) is 19.5. The van der Waals surface area contributed by atoms with Crippen LogP contribution >= 0.6 is 0 Å². The lowest BCUT2D eigenvalue weighted by atomic mass is 10.1. The van der Waals surface area contributed by atoms with Gasteiger partial charge in [-0.1, -0.05) is 12.1 Å². The Balaban J connectivity index is 2.06. The molecule has 4 heteroatoms. The highest BCUT2D eigenvalue weighted by Crippen LogP contribution is 2.19. The van der Waals surface area contributed by atoms with Crippen molar-refractivity contribution in [3.05, 3.63) is 29.3 Å². The summed E-state index contributed by atoms with van der Waals surface area (Å²) in [6.45, 7) is 5.06. The van der Waals surface area contributed by atoms with Crippen LogP contribution in [0.3, 0.4) is 0 Å². The van der Waals surface area contributed by atoms with E-state index in [1.165, 1.54) is 0 Å². The Morgan fingerprint density at radius 3 is 2.88 bits per heavy atom. The number of urea groups is 1. The van der Waals surface area contributed by atoms with Crippen molar-refractivity contribution in [2.75, 3.05) is 18.4 Å². The second kappa shape index (κ2) is 4.75. The van der Waals surface area contributed by atoms with E-state index in [0.717, 1.165) is 16.8 Å². The number of rotatable bonds is 1. The fourth-order valence-corrected chi connectivity index (χ4v) is 2.01. The predicted molar refractivity (Wildman–Crippen MR) is 67.1 cm³/mol. The molecule has 2 rings (SSSR count). The molecule has 0 saturated carbocycles. The molecule has 1 fully saturated rings. The Morgan fingerprint density at radius 1 is 1.47 bits per heavy atom. The first-order valence-electron chi connectivity index (χ1n) is 5.88. The summed E-state index contributed by atoms with van der Waals surface area (Å²) in [5.41, 5.74) is 3.08. The van der Waals surface area contributed by atoms with Crippen LogP contribution in [0.25, 0.3) is 0 Å². The van der Waals surface area contributed by atoms with Gasteiger partial charge in [-0.2, -0.15) is 0 Å². The monoisotopic (exact) mass is 234 g/mol. The summed E-state index contributed by atoms with van der Waals surface area (Å²) in [4.78, 5) is 13.6. The van der Waals surface area contributed by atoms with Gasteiger partial charge in [0.25, 0.3) is 0 Å². The molecule has 2 N–H and O–H groups in total. The van der Waals surface area contributed by atoms with Crippen LogP contribution in [-0.2, 0) is 0 Å². The van der Waals surface area contributed by atoms with Gasteiger partial charge in [-0.3, -0.25) is 0 Å². The smallest absolute Gasteiger partial charge is 0.321 e. The van der Waals surface area contributed by atoms with Gasteiger partial charge in [0.15, 0.2) is 0 Å². The van der Waals surface area contributed by atoms with Crippen molar-refractivity contribution in [3.63, 3.8) is 0 Å². The minimum absolute atomic E-state index is 0.129. The van der Waals surface area contributed by atoms with Crippen molar-refractivity contribution in [2.45, 2.75) is 26.4 Å². The summed E-state index contributed by atoms with van der Waals surface area (Å²) < 4.78 is 0. The molecule has 2 amide bonds. The first-order chi connectivity index (χ1) is 8.08. The highest BCUT2D eigenvalue weighted by molar-refractivity contribution is 5.90. The summed E-state index contributed by atoms with van der Waals surface area (Å²) in [6, 6.07) is 5.71. The van der Waals surface area contributed by atoms with Crippen molar-refractivity contribution in [3.8, 4) is 0 Å². The minimum atomic E-state index is -0.376. The third kappa shape index (κ3) is 2.58. The van der Waals surface area contributed by atoms with Crippen molar-refractivity contribution in [1.29, 1.82) is 0 Å². The van der Waals surface area contributed by atoms with Crippen molar-refractivity contribution < 1.29 is 9.90 Å². The van der Waals surface area contributed by atoms with E-state index in [1.807, 2.05) is 32.0 Å². The van der Waals surface area contributed by atoms with Gasteiger partial charge >= 0.3 is 6.03 Å². The average Bonchev–Trinajstić information content (AvgIpc) is 2.72. The number of aliphatic hydroxyl groups is 1. The Hall–Kier alpha value is -1.55. The van der Waals surface area contributed by atoms with Crippen LogP contribution in [0.5, 0.6) is 0 Å². The van der Waals surface area contributed by atoms with Crippen LogP contribution in [0.2, 0.25) is 0 Å². The Labute approximate surface area is 101 Å². The molecule has 0 unspecified atom stereocenters. The zero-order valence-electron chi connectivity index (χ0n) is 10.2. The lowest BCUT2D eigenvalue weighted by Crippen LogP contribution is -2.33. The standard InChI is InChI=1S/C13H18N2O2/c1-9-4-3-5-12(10(9)2)14-13(17)15-7-6-11(16)8-15/h3-5,11,16H,6-8H2,1-2H3,(H,14,17)/t11-/m1/s1. The molecule has 1 aliphatic heterocycles. The maximum Gasteiger partial charge on any atom is 0.321 e. The molecule has 0 aliphatic carbocycles. The molecule has 1 aromatic carbocycles. The zero-order valence-corrected chi connectivity index (χ0v) is 10.2. The lowest BCUT2D eigenvalue weighted by molar-refractivity contribution is 0.176. The van der Waals surface area contributed by atoms with Gasteiger partial charge in [-0.15, -0.1) is 0 Å². The van der Waals surface area contributed by atoms with Crippen molar-refractivity contribution in [2.24, 2.45) is 0 Å². The molecule has 4 nitrogen and oxygen atoms in total. The first-order valence-corrected chi connectivity index (χ1v) is 5.88. The number of likely N-dealkylation sites (tertiary alicyclic amines) is 1. The van der Waals surface area contributed by atoms with Crippen LogP contribution in [-0.4, -0.2) is 35.2 Å². The van der Waals surface area contributed by atoms with E-state index >= 15 is 0 Å². The van der Waals surface area contributed by atoms with Gasteiger partial charge in [0, 0.05) is 18.8 Å². The van der Waals surface area contributed by atoms with Gasteiger partial charge in [-0.25, -0.2) is 4.79 Å². The molecule has 0 spiro atoms. The molecule has 1 aliphatic rings. The summed E-state index contributed by atoms with van der Waals surface area (Å²) in [7, 11) is 0. The second-order valence-corrected chi connectivity index (χ2v) is 4.57. The summed E-state index contributed by atoms with van der Waals surface area (Å²) in [6.07, 6.45) is 0.291. The van der Waals surface area contributed by atoms with Crippen molar-refractivity contribution >= 4 is 11.7 Å². The minimum Gasteiger partial charge on any atom is -0.391 e. The number of hydrogen-bond acceptors (Lipinski definition) is 2. The third-order valence-electron chi connectivity index (χ3n) is 3.30. The molecular weight excluding hydrogens is 216 g/mol. The molecule has 1 saturated heterocycles. The topological polar surface area (TPSA) is 52.6 Å². The molecule has 17 heavy (non-hydrogen) atoms. The van der Waals surface area contributed by atoms with E-state index in [1.54, 1.807) is 4.90 Å². The largest absolute Gasteiger partial charge is 0.391 e. The molecule has 1 aromatic rings. The maximum absolute atomic E-state index is 11.9. The van der Waals surface area contributed by atoms with E-state index in [4.69, 9.17) is 0 Å². The van der Waals surface area contributed by atoms with Crippen LogP contribution in [0.1, 0.15) is 17.5 Å². The van der Waals surface area contributed by atoms with E-state index in [0.29, 0.717) is 19.5 Å². The number of nitrogens with zero attached hydrogens (tertiary/aromatic N) is 1. The number of β-amino-alcohol motifs (C(OH)–C–C–N with tert-alkyl or cyclic N) is 1. The fourth-order valence-electron chi connectivity index (χ4n) is 2.01. The average molecular weight is 234 g/mol. The number of carbonyl (C=O) groups excluding carboxylic acids is 1. The third-order valence-corrected chi connectivity index (χ3v) is 3.30. The summed E-state index contributed by atoms with van der Waals surface area (Å²) in [5.74, 6) is 0. The maximum atomic E-state index is 11.9. The molecule has 0 radical (unpaired) electrons. The van der Waals surface area contributed by atoms with E-state index in [9.17, 15) is 9.90 Å². The summed E-state index contributed by atoms with van der Waals surface area (Å²) >= 11 is 0. The molecule has 1 heterocycles. The fraction of sp³-hybridized carbons (Fsp3) is 0.462. The molecular formula is C13H18N2O2. The van der Waals surface area contributed by atoms with E-state index in [-0.39, 0.29) is 12.1 Å². The number of anilines is 1. The molecule has 92 valence electrons. The van der Waals surface area contributed by atoms with Gasteiger partial charge in [-0.05, 0) is 37.5 Å². The zero-order chi connectivity index (χ0) is 12.4. The first kappa shape index (κ1) is 11.9.